The zero-order chi connectivity index (χ0) is 16.8. The van der Waals surface area contributed by atoms with E-state index in [1.807, 2.05) is 0 Å². The maximum atomic E-state index is 12.1. The predicted molar refractivity (Wildman–Crippen MR) is 89.4 cm³/mol. The van der Waals surface area contributed by atoms with Gasteiger partial charge in [0.1, 0.15) is 5.69 Å². The first-order valence-corrected chi connectivity index (χ1v) is 6.82. The van der Waals surface area contributed by atoms with Crippen molar-refractivity contribution in [3.8, 4) is 12.3 Å². The van der Waals surface area contributed by atoms with Gasteiger partial charge in [0.25, 0.3) is 5.69 Å². The molecule has 0 atom stereocenters. The van der Waals surface area contributed by atoms with E-state index in [-0.39, 0.29) is 18.1 Å². The Bertz CT molecular complexity index is 781. The third-order valence-electron chi connectivity index (χ3n) is 3.18. The van der Waals surface area contributed by atoms with E-state index in [0.29, 0.717) is 16.9 Å². The zero-order valence-electron chi connectivity index (χ0n) is 12.5. The van der Waals surface area contributed by atoms with Crippen LogP contribution in [-0.2, 0) is 4.79 Å². The van der Waals surface area contributed by atoms with Gasteiger partial charge in [-0.05, 0) is 24.3 Å². The predicted octanol–water partition coefficient (Wildman–Crippen LogP) is 2.65. The van der Waals surface area contributed by atoms with Gasteiger partial charge in [-0.3, -0.25) is 14.9 Å². The lowest BCUT2D eigenvalue weighted by Crippen LogP contribution is -2.30. The van der Waals surface area contributed by atoms with E-state index in [0.717, 1.165) is 0 Å². The second-order valence-corrected chi connectivity index (χ2v) is 4.88. The quantitative estimate of drug-likeness (QED) is 0.523. The third kappa shape index (κ3) is 4.08. The Morgan fingerprint density at radius 2 is 2.04 bits per heavy atom. The number of amides is 1. The number of nitrogens with one attached hydrogen (secondary N) is 1. The second-order valence-electron chi connectivity index (χ2n) is 4.88. The lowest BCUT2D eigenvalue weighted by molar-refractivity contribution is -0.384. The van der Waals surface area contributed by atoms with Gasteiger partial charge >= 0.3 is 0 Å². The molecule has 6 nitrogen and oxygen atoms in total. The molecule has 0 aliphatic rings. The third-order valence-corrected chi connectivity index (χ3v) is 3.18. The van der Waals surface area contributed by atoms with Crippen molar-refractivity contribution in [2.24, 2.45) is 0 Å². The molecule has 2 rings (SSSR count). The topological polar surface area (TPSA) is 75.5 Å². The highest BCUT2D eigenvalue weighted by Crippen LogP contribution is 2.26. The smallest absolute Gasteiger partial charge is 0.292 e. The molecule has 0 radical (unpaired) electrons. The van der Waals surface area contributed by atoms with Crippen molar-refractivity contribution in [2.45, 2.75) is 0 Å². The Balaban J connectivity index is 2.08. The van der Waals surface area contributed by atoms with Crippen molar-refractivity contribution in [3.05, 3.63) is 64.2 Å². The van der Waals surface area contributed by atoms with Crippen molar-refractivity contribution in [3.63, 3.8) is 0 Å². The molecule has 2 aromatic carbocycles. The van der Waals surface area contributed by atoms with Crippen LogP contribution in [0.25, 0.3) is 0 Å². The van der Waals surface area contributed by atoms with Gasteiger partial charge in [0.15, 0.2) is 0 Å². The number of rotatable bonds is 5. The average Bonchev–Trinajstić information content (AvgIpc) is 2.54. The fourth-order valence-corrected chi connectivity index (χ4v) is 2.13. The molecule has 0 heterocycles. The highest BCUT2D eigenvalue weighted by Gasteiger charge is 2.17. The summed E-state index contributed by atoms with van der Waals surface area (Å²) in [6, 6.07) is 13.2. The lowest BCUT2D eigenvalue weighted by Gasteiger charge is -2.18. The number of likely N-dealkylation sites (N-methyl/N-ethyl adjacent to an activating group) is 1. The maximum Gasteiger partial charge on any atom is 0.292 e. The minimum Gasteiger partial charge on any atom is -0.360 e. The van der Waals surface area contributed by atoms with Crippen molar-refractivity contribution in [2.75, 3.05) is 23.8 Å². The van der Waals surface area contributed by atoms with Crippen LogP contribution in [-0.4, -0.2) is 24.4 Å². The zero-order valence-corrected chi connectivity index (χ0v) is 12.5. The van der Waals surface area contributed by atoms with Gasteiger partial charge in [0, 0.05) is 24.4 Å². The van der Waals surface area contributed by atoms with Crippen molar-refractivity contribution >= 4 is 23.0 Å². The summed E-state index contributed by atoms with van der Waals surface area (Å²) in [4.78, 5) is 24.2. The fraction of sp³-hybridized carbons (Fsp3) is 0.118. The van der Waals surface area contributed by atoms with Gasteiger partial charge in [-0.25, -0.2) is 0 Å². The molecule has 0 aliphatic carbocycles. The molecule has 23 heavy (non-hydrogen) atoms. The Kier molecular flexibility index (Phi) is 4.95. The SMILES string of the molecule is C#Cc1cccc(NC(=O)CN(C)c2ccccc2[N+](=O)[O-])c1. The molecule has 6 heteroatoms. The molecule has 0 unspecified atom stereocenters. The number of benzene rings is 2. The number of para-hydroxylation sites is 2. The van der Waals surface area contributed by atoms with Crippen molar-refractivity contribution in [1.82, 2.24) is 0 Å². The van der Waals surface area contributed by atoms with Crippen LogP contribution in [0, 0.1) is 22.5 Å². The number of anilines is 2. The number of carbonyl (C=O) groups excluding carboxylic acids is 1. The normalized spacial score (nSPS) is 9.74. The number of nitro benzene ring substituents is 1. The summed E-state index contributed by atoms with van der Waals surface area (Å²) in [6.45, 7) is -0.0227. The summed E-state index contributed by atoms with van der Waals surface area (Å²) in [6.07, 6.45) is 5.32. The highest BCUT2D eigenvalue weighted by molar-refractivity contribution is 5.94. The minimum atomic E-state index is -0.472. The molecule has 116 valence electrons. The number of hydrogen-bond acceptors (Lipinski definition) is 4. The summed E-state index contributed by atoms with van der Waals surface area (Å²) in [5, 5.41) is 13.8. The second kappa shape index (κ2) is 7.09. The van der Waals surface area contributed by atoms with Gasteiger partial charge in [0.05, 0.1) is 11.5 Å². The van der Waals surface area contributed by atoms with Crippen LogP contribution >= 0.6 is 0 Å². The molecular weight excluding hydrogens is 294 g/mol. The van der Waals surface area contributed by atoms with Crippen LogP contribution < -0.4 is 10.2 Å². The first kappa shape index (κ1) is 16.0. The molecular formula is C17H15N3O3. The molecule has 2 aromatic rings. The Morgan fingerprint density at radius 3 is 2.74 bits per heavy atom. The van der Waals surface area contributed by atoms with Crippen LogP contribution in [0.4, 0.5) is 17.1 Å². The van der Waals surface area contributed by atoms with E-state index in [1.54, 1.807) is 49.5 Å². The summed E-state index contributed by atoms with van der Waals surface area (Å²) in [7, 11) is 1.62. The van der Waals surface area contributed by atoms with Gasteiger partial charge in [-0.15, -0.1) is 6.42 Å². The first-order chi connectivity index (χ1) is 11.0. The van der Waals surface area contributed by atoms with E-state index >= 15 is 0 Å². The number of carbonyl (C=O) groups is 1. The molecule has 0 saturated heterocycles. The molecule has 1 amide bonds. The van der Waals surface area contributed by atoms with E-state index in [1.165, 1.54) is 11.0 Å². The largest absolute Gasteiger partial charge is 0.360 e. The number of nitrogens with zero attached hydrogens (tertiary/aromatic N) is 2. The van der Waals surface area contributed by atoms with Crippen molar-refractivity contribution in [1.29, 1.82) is 0 Å². The van der Waals surface area contributed by atoms with E-state index in [2.05, 4.69) is 11.2 Å². The summed E-state index contributed by atoms with van der Waals surface area (Å²) in [5.41, 5.74) is 1.58. The summed E-state index contributed by atoms with van der Waals surface area (Å²) < 4.78 is 0. The fourth-order valence-electron chi connectivity index (χ4n) is 2.13. The average molecular weight is 309 g/mol. The summed E-state index contributed by atoms with van der Waals surface area (Å²) >= 11 is 0. The summed E-state index contributed by atoms with van der Waals surface area (Å²) in [5.74, 6) is 2.20. The van der Waals surface area contributed by atoms with Crippen LogP contribution in [0.2, 0.25) is 0 Å². The monoisotopic (exact) mass is 309 g/mol. The molecule has 0 aromatic heterocycles. The van der Waals surface area contributed by atoms with Crippen LogP contribution in [0.5, 0.6) is 0 Å². The van der Waals surface area contributed by atoms with Crippen molar-refractivity contribution < 1.29 is 9.72 Å². The molecule has 0 bridgehead atoms. The Morgan fingerprint density at radius 1 is 1.30 bits per heavy atom. The van der Waals surface area contributed by atoms with Crippen LogP contribution in [0.15, 0.2) is 48.5 Å². The molecule has 1 N–H and O–H groups in total. The number of hydrogen-bond donors (Lipinski definition) is 1. The van der Waals surface area contributed by atoms with Gasteiger partial charge in [0.2, 0.25) is 5.91 Å². The van der Waals surface area contributed by atoms with E-state index < -0.39 is 4.92 Å². The molecule has 0 saturated carbocycles. The molecule has 0 fully saturated rings. The van der Waals surface area contributed by atoms with Gasteiger partial charge in [-0.2, -0.15) is 0 Å². The number of terminal acetylenes is 1. The first-order valence-electron chi connectivity index (χ1n) is 6.82. The molecule has 0 spiro atoms. The van der Waals surface area contributed by atoms with Crippen LogP contribution in [0.3, 0.4) is 0 Å². The van der Waals surface area contributed by atoms with Gasteiger partial charge in [-0.1, -0.05) is 24.1 Å². The highest BCUT2D eigenvalue weighted by atomic mass is 16.6. The Hall–Kier alpha value is -3.33. The lowest BCUT2D eigenvalue weighted by atomic mass is 10.2. The molecule has 0 aliphatic heterocycles. The number of nitro groups is 1. The van der Waals surface area contributed by atoms with Gasteiger partial charge < -0.3 is 10.2 Å². The van der Waals surface area contributed by atoms with Crippen LogP contribution in [0.1, 0.15) is 5.56 Å². The minimum absolute atomic E-state index is 0.0227. The Labute approximate surface area is 133 Å². The van der Waals surface area contributed by atoms with E-state index in [9.17, 15) is 14.9 Å². The standard InChI is InChI=1S/C17H15N3O3/c1-3-13-7-6-8-14(11-13)18-17(21)12-19(2)15-9-4-5-10-16(15)20(22)23/h1,4-11H,12H2,2H3,(H,18,21). The maximum absolute atomic E-state index is 12.1. The van der Waals surface area contributed by atoms with E-state index in [4.69, 9.17) is 6.42 Å².